The van der Waals surface area contributed by atoms with Crippen molar-refractivity contribution in [3.8, 4) is 5.69 Å². The maximum absolute atomic E-state index is 13.8. The Balaban J connectivity index is 0.00000208. The Morgan fingerprint density at radius 1 is 1.33 bits per heavy atom. The molecule has 3 rings (SSSR count). The van der Waals surface area contributed by atoms with Crippen LogP contribution in [-0.4, -0.2) is 33.8 Å². The quantitative estimate of drug-likeness (QED) is 0.915. The number of benzene rings is 1. The van der Waals surface area contributed by atoms with Crippen molar-refractivity contribution in [2.24, 2.45) is 11.7 Å². The lowest BCUT2D eigenvalue weighted by molar-refractivity contribution is 0.152. The van der Waals surface area contributed by atoms with Gasteiger partial charge in [0.2, 0.25) is 0 Å². The molecule has 0 radical (unpaired) electrons. The third-order valence-electron chi connectivity index (χ3n) is 4.47. The molecule has 1 aromatic heterocycles. The number of hydrogen-bond acceptors (Lipinski definition) is 3. The van der Waals surface area contributed by atoms with Crippen LogP contribution >= 0.6 is 12.4 Å². The van der Waals surface area contributed by atoms with Crippen LogP contribution in [0, 0.1) is 17.6 Å². The second-order valence-corrected chi connectivity index (χ2v) is 6.34. The van der Waals surface area contributed by atoms with E-state index in [9.17, 15) is 8.78 Å². The average Bonchev–Trinajstić information content (AvgIpc) is 2.95. The van der Waals surface area contributed by atoms with E-state index >= 15 is 0 Å². The van der Waals surface area contributed by atoms with E-state index in [0.717, 1.165) is 37.8 Å². The van der Waals surface area contributed by atoms with Gasteiger partial charge in [-0.05, 0) is 50.4 Å². The molecule has 0 amide bonds. The van der Waals surface area contributed by atoms with Gasteiger partial charge < -0.3 is 5.73 Å². The molecule has 1 aromatic carbocycles. The largest absolute Gasteiger partial charge is 0.328 e. The predicted molar refractivity (Wildman–Crippen MR) is 92.4 cm³/mol. The van der Waals surface area contributed by atoms with Crippen LogP contribution in [-0.2, 0) is 6.54 Å². The first kappa shape index (κ1) is 18.8. The summed E-state index contributed by atoms with van der Waals surface area (Å²) in [6, 6.07) is 5.57. The van der Waals surface area contributed by atoms with Crippen LogP contribution in [0.1, 0.15) is 25.5 Å². The molecule has 24 heavy (non-hydrogen) atoms. The van der Waals surface area contributed by atoms with Gasteiger partial charge in [0.1, 0.15) is 11.5 Å². The van der Waals surface area contributed by atoms with E-state index in [-0.39, 0.29) is 24.1 Å². The summed E-state index contributed by atoms with van der Waals surface area (Å²) in [4.78, 5) is 2.34. The van der Waals surface area contributed by atoms with E-state index in [4.69, 9.17) is 5.73 Å². The first-order chi connectivity index (χ1) is 11.0. The molecule has 0 saturated carbocycles. The summed E-state index contributed by atoms with van der Waals surface area (Å²) < 4.78 is 28.3. The fourth-order valence-electron chi connectivity index (χ4n) is 3.14. The molecule has 2 atom stereocenters. The van der Waals surface area contributed by atoms with Crippen molar-refractivity contribution in [1.82, 2.24) is 14.7 Å². The molecule has 1 fully saturated rings. The highest BCUT2D eigenvalue weighted by Gasteiger charge is 2.23. The van der Waals surface area contributed by atoms with E-state index < -0.39 is 11.6 Å². The minimum Gasteiger partial charge on any atom is -0.328 e. The van der Waals surface area contributed by atoms with Gasteiger partial charge in [-0.1, -0.05) is 0 Å². The highest BCUT2D eigenvalue weighted by Crippen LogP contribution is 2.21. The van der Waals surface area contributed by atoms with Gasteiger partial charge in [-0.2, -0.15) is 5.10 Å². The Morgan fingerprint density at radius 2 is 2.12 bits per heavy atom. The first-order valence-corrected chi connectivity index (χ1v) is 8.01. The fraction of sp³-hybridized carbons (Fsp3) is 0.471. The van der Waals surface area contributed by atoms with Crippen molar-refractivity contribution in [2.75, 3.05) is 13.1 Å². The molecule has 1 aliphatic rings. The number of piperidine rings is 1. The van der Waals surface area contributed by atoms with E-state index in [1.165, 1.54) is 23.2 Å². The van der Waals surface area contributed by atoms with E-state index in [0.29, 0.717) is 5.92 Å². The summed E-state index contributed by atoms with van der Waals surface area (Å²) in [6.07, 6.45) is 4.02. The van der Waals surface area contributed by atoms with Gasteiger partial charge >= 0.3 is 0 Å². The Morgan fingerprint density at radius 3 is 2.83 bits per heavy atom. The molecule has 0 spiro atoms. The smallest absolute Gasteiger partial charge is 0.151 e. The molecule has 1 aliphatic heterocycles. The van der Waals surface area contributed by atoms with Crippen LogP contribution in [0.25, 0.3) is 5.69 Å². The van der Waals surface area contributed by atoms with Gasteiger partial charge in [0, 0.05) is 31.4 Å². The van der Waals surface area contributed by atoms with Crippen LogP contribution in [0.3, 0.4) is 0 Å². The molecular formula is C17H23ClF2N4. The Bertz CT molecular complexity index is 674. The molecular weight excluding hydrogens is 334 g/mol. The standard InChI is InChI=1S/C17H22F2N4.ClH/c1-12(20)13-3-2-7-22(10-13)11-15-6-8-23(21-15)17-5-4-14(18)9-16(17)19;/h4-6,8-9,12-13H,2-3,7,10-11,20H2,1H3;1H. The lowest BCUT2D eigenvalue weighted by Crippen LogP contribution is -2.42. The highest BCUT2D eigenvalue weighted by molar-refractivity contribution is 5.85. The van der Waals surface area contributed by atoms with Crippen LogP contribution in [0.4, 0.5) is 8.78 Å². The molecule has 2 unspecified atom stereocenters. The maximum atomic E-state index is 13.8. The zero-order valence-corrected chi connectivity index (χ0v) is 14.5. The number of halogens is 3. The summed E-state index contributed by atoms with van der Waals surface area (Å²) in [5.74, 6) is -0.691. The zero-order valence-electron chi connectivity index (χ0n) is 13.7. The molecule has 7 heteroatoms. The number of nitrogens with zero attached hydrogens (tertiary/aromatic N) is 3. The third kappa shape index (κ3) is 4.32. The monoisotopic (exact) mass is 356 g/mol. The average molecular weight is 357 g/mol. The number of aromatic nitrogens is 2. The SMILES string of the molecule is CC(N)C1CCCN(Cc2ccn(-c3ccc(F)cc3F)n2)C1.Cl. The second kappa shape index (κ2) is 8.05. The van der Waals surface area contributed by atoms with E-state index in [2.05, 4.69) is 16.9 Å². The van der Waals surface area contributed by atoms with Gasteiger partial charge in [-0.3, -0.25) is 4.90 Å². The zero-order chi connectivity index (χ0) is 16.4. The lowest BCUT2D eigenvalue weighted by atomic mass is 9.92. The Hall–Kier alpha value is -1.50. The van der Waals surface area contributed by atoms with Crippen LogP contribution in [0.5, 0.6) is 0 Å². The van der Waals surface area contributed by atoms with Gasteiger partial charge in [-0.25, -0.2) is 13.5 Å². The molecule has 0 bridgehead atoms. The van der Waals surface area contributed by atoms with Crippen molar-refractivity contribution in [1.29, 1.82) is 0 Å². The van der Waals surface area contributed by atoms with Crippen molar-refractivity contribution >= 4 is 12.4 Å². The van der Waals surface area contributed by atoms with Gasteiger partial charge in [0.25, 0.3) is 0 Å². The summed E-state index contributed by atoms with van der Waals surface area (Å²) in [6.45, 7) is 4.77. The number of hydrogen-bond donors (Lipinski definition) is 1. The van der Waals surface area contributed by atoms with Gasteiger partial charge in [0.15, 0.2) is 5.82 Å². The number of nitrogens with two attached hydrogens (primary N) is 1. The molecule has 2 N–H and O–H groups in total. The molecule has 4 nitrogen and oxygen atoms in total. The van der Waals surface area contributed by atoms with Crippen LogP contribution < -0.4 is 5.73 Å². The highest BCUT2D eigenvalue weighted by atomic mass is 35.5. The molecule has 1 saturated heterocycles. The normalized spacial score (nSPS) is 19.8. The molecule has 2 aromatic rings. The van der Waals surface area contributed by atoms with Gasteiger partial charge in [-0.15, -0.1) is 12.4 Å². The summed E-state index contributed by atoms with van der Waals surface area (Å²) in [5, 5.41) is 4.42. The van der Waals surface area contributed by atoms with Crippen molar-refractivity contribution in [2.45, 2.75) is 32.4 Å². The number of rotatable bonds is 4. The first-order valence-electron chi connectivity index (χ1n) is 8.01. The predicted octanol–water partition coefficient (Wildman–Crippen LogP) is 3.13. The topological polar surface area (TPSA) is 47.1 Å². The molecule has 132 valence electrons. The maximum Gasteiger partial charge on any atom is 0.151 e. The van der Waals surface area contributed by atoms with Crippen LogP contribution in [0.15, 0.2) is 30.5 Å². The summed E-state index contributed by atoms with van der Waals surface area (Å²) >= 11 is 0. The minimum absolute atomic E-state index is 0. The lowest BCUT2D eigenvalue weighted by Gasteiger charge is -2.34. The Labute approximate surface area is 147 Å². The van der Waals surface area contributed by atoms with Crippen molar-refractivity contribution in [3.63, 3.8) is 0 Å². The van der Waals surface area contributed by atoms with Crippen LogP contribution in [0.2, 0.25) is 0 Å². The van der Waals surface area contributed by atoms with E-state index in [1.54, 1.807) is 6.20 Å². The summed E-state index contributed by atoms with van der Waals surface area (Å²) in [5.41, 5.74) is 7.14. The van der Waals surface area contributed by atoms with Crippen molar-refractivity contribution < 1.29 is 8.78 Å². The molecule has 2 heterocycles. The fourth-order valence-corrected chi connectivity index (χ4v) is 3.14. The second-order valence-electron chi connectivity index (χ2n) is 6.34. The minimum atomic E-state index is -0.616. The Kier molecular flexibility index (Phi) is 6.32. The summed E-state index contributed by atoms with van der Waals surface area (Å²) in [7, 11) is 0. The van der Waals surface area contributed by atoms with E-state index in [1.807, 2.05) is 6.07 Å². The van der Waals surface area contributed by atoms with Gasteiger partial charge in [0.05, 0.1) is 5.69 Å². The third-order valence-corrected chi connectivity index (χ3v) is 4.47. The number of likely N-dealkylation sites (tertiary alicyclic amines) is 1. The molecule has 0 aliphatic carbocycles. The van der Waals surface area contributed by atoms with Crippen molar-refractivity contribution in [3.05, 3.63) is 47.8 Å².